The molecule has 0 saturated heterocycles. The average molecular weight is 331 g/mol. The van der Waals surface area contributed by atoms with E-state index in [-0.39, 0.29) is 5.69 Å². The summed E-state index contributed by atoms with van der Waals surface area (Å²) in [5.74, 6) is -3.96. The number of hydrogen-bond acceptors (Lipinski definition) is 4. The highest BCUT2D eigenvalue weighted by Gasteiger charge is 2.28. The van der Waals surface area contributed by atoms with E-state index in [1.807, 2.05) is 0 Å². The Bertz CT molecular complexity index is 820. The normalized spacial score (nSPS) is 11.4. The minimum Gasteiger partial charge on any atom is -0.480 e. The lowest BCUT2D eigenvalue weighted by Crippen LogP contribution is -2.35. The SMILES string of the molecule is Cn1cc(N(CC(=O)O)S(=O)(=O)c2ccc(F)c(F)c2)cn1. The van der Waals surface area contributed by atoms with Crippen LogP contribution in [0, 0.1) is 11.6 Å². The molecule has 7 nitrogen and oxygen atoms in total. The van der Waals surface area contributed by atoms with Crippen molar-refractivity contribution in [2.45, 2.75) is 4.90 Å². The molecule has 0 aliphatic rings. The quantitative estimate of drug-likeness (QED) is 0.881. The Morgan fingerprint density at radius 1 is 1.36 bits per heavy atom. The predicted molar refractivity (Wildman–Crippen MR) is 71.7 cm³/mol. The molecule has 0 unspecified atom stereocenters. The number of nitrogens with zero attached hydrogens (tertiary/aromatic N) is 3. The third kappa shape index (κ3) is 3.06. The van der Waals surface area contributed by atoms with E-state index in [1.54, 1.807) is 0 Å². The Labute approximate surface area is 124 Å². The fourth-order valence-electron chi connectivity index (χ4n) is 1.74. The second-order valence-corrected chi connectivity index (χ2v) is 6.22. The standard InChI is InChI=1S/C12H11F2N3O4S/c1-16-6-8(5-15-16)17(7-12(18)19)22(20,21)9-2-3-10(13)11(14)4-9/h2-6H,7H2,1H3,(H,18,19). The molecule has 1 aromatic carbocycles. The van der Waals surface area contributed by atoms with Gasteiger partial charge in [0.05, 0.1) is 16.8 Å². The average Bonchev–Trinajstić information content (AvgIpc) is 2.85. The Morgan fingerprint density at radius 2 is 2.05 bits per heavy atom. The highest BCUT2D eigenvalue weighted by atomic mass is 32.2. The van der Waals surface area contributed by atoms with Crippen molar-refractivity contribution in [3.05, 3.63) is 42.2 Å². The van der Waals surface area contributed by atoms with Gasteiger partial charge in [0.2, 0.25) is 0 Å². The summed E-state index contributed by atoms with van der Waals surface area (Å²) in [7, 11) is -2.86. The lowest BCUT2D eigenvalue weighted by atomic mass is 10.3. The van der Waals surface area contributed by atoms with Crippen molar-refractivity contribution in [1.29, 1.82) is 0 Å². The van der Waals surface area contributed by atoms with E-state index in [2.05, 4.69) is 5.10 Å². The number of aromatic nitrogens is 2. The van der Waals surface area contributed by atoms with E-state index in [0.717, 1.165) is 12.3 Å². The highest BCUT2D eigenvalue weighted by Crippen LogP contribution is 2.24. The topological polar surface area (TPSA) is 92.5 Å². The molecule has 0 bridgehead atoms. The smallest absolute Gasteiger partial charge is 0.324 e. The fraction of sp³-hybridized carbons (Fsp3) is 0.167. The van der Waals surface area contributed by atoms with Gasteiger partial charge in [0.25, 0.3) is 10.0 Å². The zero-order valence-electron chi connectivity index (χ0n) is 11.3. The van der Waals surface area contributed by atoms with E-state index in [0.29, 0.717) is 16.4 Å². The summed E-state index contributed by atoms with van der Waals surface area (Å²) in [6.07, 6.45) is 2.45. The summed E-state index contributed by atoms with van der Waals surface area (Å²) in [5, 5.41) is 12.7. The molecule has 0 radical (unpaired) electrons. The number of halogens is 2. The molecule has 0 aliphatic heterocycles. The van der Waals surface area contributed by atoms with E-state index in [9.17, 15) is 22.0 Å². The minimum absolute atomic E-state index is 0.00497. The zero-order valence-corrected chi connectivity index (χ0v) is 12.1. The van der Waals surface area contributed by atoms with Gasteiger partial charge in [0.15, 0.2) is 11.6 Å². The second-order valence-electron chi connectivity index (χ2n) is 4.35. The first-order valence-corrected chi connectivity index (χ1v) is 7.34. The van der Waals surface area contributed by atoms with Crippen molar-refractivity contribution in [2.24, 2.45) is 7.05 Å². The molecule has 1 heterocycles. The molecule has 118 valence electrons. The van der Waals surface area contributed by atoms with Crippen molar-refractivity contribution in [3.63, 3.8) is 0 Å². The van der Waals surface area contributed by atoms with Crippen molar-refractivity contribution in [2.75, 3.05) is 10.8 Å². The maximum atomic E-state index is 13.3. The maximum Gasteiger partial charge on any atom is 0.324 e. The van der Waals surface area contributed by atoms with Crippen LogP contribution in [0.15, 0.2) is 35.5 Å². The summed E-state index contributed by atoms with van der Waals surface area (Å²) in [6, 6.07) is 2.01. The van der Waals surface area contributed by atoms with Gasteiger partial charge in [0.1, 0.15) is 6.54 Å². The molecule has 0 fully saturated rings. The molecule has 22 heavy (non-hydrogen) atoms. The number of carboxylic acids is 1. The molecule has 0 amide bonds. The van der Waals surface area contributed by atoms with Gasteiger partial charge >= 0.3 is 5.97 Å². The van der Waals surface area contributed by atoms with Crippen LogP contribution in [-0.2, 0) is 21.9 Å². The van der Waals surface area contributed by atoms with Crippen LogP contribution in [0.2, 0.25) is 0 Å². The van der Waals surface area contributed by atoms with Gasteiger partial charge in [0, 0.05) is 13.2 Å². The first-order chi connectivity index (χ1) is 10.2. The highest BCUT2D eigenvalue weighted by molar-refractivity contribution is 7.92. The van der Waals surface area contributed by atoms with E-state index < -0.39 is 39.1 Å². The number of rotatable bonds is 5. The van der Waals surface area contributed by atoms with Crippen LogP contribution < -0.4 is 4.31 Å². The van der Waals surface area contributed by atoms with Crippen LogP contribution in [-0.4, -0.2) is 35.8 Å². The number of aliphatic carboxylic acids is 1. The molecule has 0 saturated carbocycles. The van der Waals surface area contributed by atoms with Gasteiger partial charge in [-0.05, 0) is 18.2 Å². The first kappa shape index (κ1) is 15.9. The van der Waals surface area contributed by atoms with Gasteiger partial charge in [-0.1, -0.05) is 0 Å². The summed E-state index contributed by atoms with van der Waals surface area (Å²) < 4.78 is 53.0. The van der Waals surface area contributed by atoms with Crippen LogP contribution in [0.25, 0.3) is 0 Å². The van der Waals surface area contributed by atoms with Gasteiger partial charge < -0.3 is 5.11 Å². The molecule has 0 aliphatic carbocycles. The number of benzene rings is 1. The lowest BCUT2D eigenvalue weighted by molar-refractivity contribution is -0.135. The van der Waals surface area contributed by atoms with Crippen LogP contribution in [0.4, 0.5) is 14.5 Å². The molecular weight excluding hydrogens is 320 g/mol. The number of aryl methyl sites for hydroxylation is 1. The number of sulfonamides is 1. The third-order valence-corrected chi connectivity index (χ3v) is 4.51. The summed E-state index contributed by atoms with van der Waals surface area (Å²) in [4.78, 5) is 10.4. The predicted octanol–water partition coefficient (Wildman–Crippen LogP) is 0.978. The largest absolute Gasteiger partial charge is 0.480 e. The van der Waals surface area contributed by atoms with Crippen molar-refractivity contribution < 1.29 is 27.1 Å². The number of anilines is 1. The Morgan fingerprint density at radius 3 is 2.55 bits per heavy atom. The molecular formula is C12H11F2N3O4S. The van der Waals surface area contributed by atoms with Gasteiger partial charge in [-0.25, -0.2) is 17.2 Å². The molecule has 1 aromatic heterocycles. The number of hydrogen-bond donors (Lipinski definition) is 1. The first-order valence-electron chi connectivity index (χ1n) is 5.90. The minimum atomic E-state index is -4.38. The van der Waals surface area contributed by atoms with Gasteiger partial charge in [-0.2, -0.15) is 5.10 Å². The second kappa shape index (κ2) is 5.72. The Kier molecular flexibility index (Phi) is 4.13. The maximum absolute atomic E-state index is 13.3. The Balaban J connectivity index is 2.53. The summed E-state index contributed by atoms with van der Waals surface area (Å²) >= 11 is 0. The van der Waals surface area contributed by atoms with Crippen LogP contribution in [0.3, 0.4) is 0 Å². The zero-order chi connectivity index (χ0) is 16.5. The molecule has 1 N–H and O–H groups in total. The van der Waals surface area contributed by atoms with Crippen molar-refractivity contribution in [3.8, 4) is 0 Å². The summed E-state index contributed by atoms with van der Waals surface area (Å²) in [6.45, 7) is -0.882. The summed E-state index contributed by atoms with van der Waals surface area (Å²) in [5.41, 5.74) is -0.00497. The molecule has 2 rings (SSSR count). The molecule has 0 spiro atoms. The van der Waals surface area contributed by atoms with Crippen LogP contribution in [0.1, 0.15) is 0 Å². The fourth-order valence-corrected chi connectivity index (χ4v) is 3.14. The van der Waals surface area contributed by atoms with Crippen LogP contribution in [0.5, 0.6) is 0 Å². The molecule has 10 heteroatoms. The molecule has 0 atom stereocenters. The third-order valence-electron chi connectivity index (χ3n) is 2.74. The van der Waals surface area contributed by atoms with Crippen molar-refractivity contribution in [1.82, 2.24) is 9.78 Å². The van der Waals surface area contributed by atoms with Crippen molar-refractivity contribution >= 4 is 21.7 Å². The Hall–Kier alpha value is -2.49. The number of carbonyl (C=O) groups is 1. The number of carboxylic acid groups (broad SMARTS) is 1. The van der Waals surface area contributed by atoms with E-state index in [1.165, 1.54) is 17.9 Å². The monoisotopic (exact) mass is 331 g/mol. The molecule has 2 aromatic rings. The van der Waals surface area contributed by atoms with Gasteiger partial charge in [-0.3, -0.25) is 13.8 Å². The lowest BCUT2D eigenvalue weighted by Gasteiger charge is -2.20. The van der Waals surface area contributed by atoms with Gasteiger partial charge in [-0.15, -0.1) is 0 Å². The van der Waals surface area contributed by atoms with E-state index >= 15 is 0 Å². The van der Waals surface area contributed by atoms with E-state index in [4.69, 9.17) is 5.11 Å². The van der Waals surface area contributed by atoms with Crippen LogP contribution >= 0.6 is 0 Å².